The number of unbranched alkanes of at least 4 members (excludes halogenated alkanes) is 2. The van der Waals surface area contributed by atoms with Crippen molar-refractivity contribution in [1.82, 2.24) is 10.2 Å². The van der Waals surface area contributed by atoms with Gasteiger partial charge in [0.25, 0.3) is 5.91 Å². The molecule has 0 bridgehead atoms. The van der Waals surface area contributed by atoms with Crippen molar-refractivity contribution in [2.24, 2.45) is 0 Å². The number of benzene rings is 2. The van der Waals surface area contributed by atoms with Gasteiger partial charge < -0.3 is 29.5 Å². The Labute approximate surface area is 232 Å². The summed E-state index contributed by atoms with van der Waals surface area (Å²) in [6.45, 7) is 1.02. The van der Waals surface area contributed by atoms with E-state index in [1.54, 1.807) is 31.2 Å². The Kier molecular flexibility index (Phi) is 11.4. The highest BCUT2D eigenvalue weighted by Crippen LogP contribution is 2.31. The lowest BCUT2D eigenvalue weighted by Gasteiger charge is -2.22. The largest absolute Gasteiger partial charge is 0.480 e. The number of carbonyl (C=O) groups is 4. The third kappa shape index (κ3) is 9.33. The molecule has 3 rings (SSSR count). The molecule has 10 nitrogen and oxygen atoms in total. The minimum Gasteiger partial charge on any atom is -0.480 e. The van der Waals surface area contributed by atoms with Crippen molar-refractivity contribution in [3.05, 3.63) is 60.2 Å². The van der Waals surface area contributed by atoms with Crippen molar-refractivity contribution >= 4 is 23.8 Å². The van der Waals surface area contributed by atoms with Crippen LogP contribution >= 0.6 is 0 Å². The highest BCUT2D eigenvalue weighted by molar-refractivity contribution is 5.97. The normalized spacial score (nSPS) is 18.2. The molecule has 1 fully saturated rings. The highest BCUT2D eigenvalue weighted by Gasteiger charge is 2.49. The molecule has 1 heterocycles. The molecule has 0 aliphatic carbocycles. The second kappa shape index (κ2) is 15.0. The van der Waals surface area contributed by atoms with Gasteiger partial charge in [0.1, 0.15) is 17.5 Å². The number of amides is 2. The molecule has 2 atom stereocenters. The molecule has 0 spiro atoms. The van der Waals surface area contributed by atoms with Crippen LogP contribution in [0, 0.1) is 0 Å². The average molecular weight is 559 g/mol. The summed E-state index contributed by atoms with van der Waals surface area (Å²) in [7, 11) is 0. The predicted octanol–water partition coefficient (Wildman–Crippen LogP) is 3.74. The Morgan fingerprint density at radius 3 is 2.40 bits per heavy atom. The summed E-state index contributed by atoms with van der Waals surface area (Å²) < 4.78 is 31.4. The third-order valence-electron chi connectivity index (χ3n) is 6.33. The summed E-state index contributed by atoms with van der Waals surface area (Å²) in [4.78, 5) is 49.3. The standard InChI is InChI=1S/C29H35FN2O8/c1-2-39-26(34)11-7-4-8-16-38-20-29(30)17-24(28(36)37)32(19-29)25(33)18-31-27(35)21-12-14-23(15-13-21)40-22-9-5-3-6-10-22/h3,5-6,9-10,12-15,24H,2,4,7-8,11,16-20H2,1H3,(H,31,35)(H,36,37)/t24-,29+/m0/s1. The van der Waals surface area contributed by atoms with Crippen LogP contribution in [0.5, 0.6) is 11.5 Å². The van der Waals surface area contributed by atoms with Gasteiger partial charge in [-0.2, -0.15) is 0 Å². The third-order valence-corrected chi connectivity index (χ3v) is 6.33. The molecule has 0 radical (unpaired) electrons. The zero-order chi connectivity index (χ0) is 29.0. The van der Waals surface area contributed by atoms with Crippen LogP contribution in [0.15, 0.2) is 54.6 Å². The number of likely N-dealkylation sites (tertiary alicyclic amines) is 1. The maximum atomic E-state index is 15.4. The number of nitrogens with zero attached hydrogens (tertiary/aromatic N) is 1. The number of carboxylic acids is 1. The smallest absolute Gasteiger partial charge is 0.326 e. The van der Waals surface area contributed by atoms with Crippen LogP contribution in [0.25, 0.3) is 0 Å². The molecule has 2 amide bonds. The molecule has 1 aliphatic rings. The molecule has 0 unspecified atom stereocenters. The van der Waals surface area contributed by atoms with Crippen molar-refractivity contribution in [3.8, 4) is 11.5 Å². The summed E-state index contributed by atoms with van der Waals surface area (Å²) in [5.74, 6) is -1.66. The maximum Gasteiger partial charge on any atom is 0.326 e. The number of carbonyl (C=O) groups excluding carboxylic acids is 3. The van der Waals surface area contributed by atoms with Gasteiger partial charge in [0, 0.05) is 25.0 Å². The Bertz CT molecular complexity index is 1140. The highest BCUT2D eigenvalue weighted by atomic mass is 19.1. The minimum atomic E-state index is -2.03. The van der Waals surface area contributed by atoms with Crippen LogP contribution in [0.4, 0.5) is 4.39 Å². The number of nitrogens with one attached hydrogen (secondary N) is 1. The second-order valence-corrected chi connectivity index (χ2v) is 9.52. The van der Waals surface area contributed by atoms with E-state index in [0.29, 0.717) is 43.8 Å². The second-order valence-electron chi connectivity index (χ2n) is 9.52. The topological polar surface area (TPSA) is 131 Å². The number of rotatable bonds is 15. The maximum absolute atomic E-state index is 15.4. The molecule has 11 heteroatoms. The average Bonchev–Trinajstić information content (AvgIpc) is 3.30. The number of aliphatic carboxylic acids is 1. The summed E-state index contributed by atoms with van der Waals surface area (Å²) >= 11 is 0. The molecular weight excluding hydrogens is 523 g/mol. The number of halogens is 1. The SMILES string of the molecule is CCOC(=O)CCCCCOC[C@@]1(F)C[C@@H](C(=O)O)N(C(=O)CNC(=O)c2ccc(Oc3ccccc3)cc2)C1. The fraction of sp³-hybridized carbons (Fsp3) is 0.448. The fourth-order valence-electron chi connectivity index (χ4n) is 4.32. The first-order valence-electron chi connectivity index (χ1n) is 13.3. The van der Waals surface area contributed by atoms with E-state index >= 15 is 4.39 Å². The molecule has 216 valence electrons. The molecule has 40 heavy (non-hydrogen) atoms. The van der Waals surface area contributed by atoms with Gasteiger partial charge in [-0.15, -0.1) is 0 Å². The van der Waals surface area contributed by atoms with E-state index in [0.717, 1.165) is 4.90 Å². The first-order valence-corrected chi connectivity index (χ1v) is 13.3. The lowest BCUT2D eigenvalue weighted by molar-refractivity contribution is -0.147. The molecule has 2 N–H and O–H groups in total. The lowest BCUT2D eigenvalue weighted by atomic mass is 10.0. The molecular formula is C29H35FN2O8. The Morgan fingerprint density at radius 2 is 1.73 bits per heavy atom. The fourth-order valence-corrected chi connectivity index (χ4v) is 4.32. The summed E-state index contributed by atoms with van der Waals surface area (Å²) in [5.41, 5.74) is -1.75. The van der Waals surface area contributed by atoms with E-state index in [2.05, 4.69) is 5.32 Å². The number of hydrogen-bond acceptors (Lipinski definition) is 7. The van der Waals surface area contributed by atoms with Gasteiger partial charge in [0.2, 0.25) is 5.91 Å². The van der Waals surface area contributed by atoms with Gasteiger partial charge in [0.15, 0.2) is 5.67 Å². The van der Waals surface area contributed by atoms with E-state index < -0.39 is 49.0 Å². The minimum absolute atomic E-state index is 0.241. The Hall–Kier alpha value is -3.99. The number of alkyl halides is 1. The summed E-state index contributed by atoms with van der Waals surface area (Å²) in [5, 5.41) is 12.0. The lowest BCUT2D eigenvalue weighted by Crippen LogP contribution is -2.46. The van der Waals surface area contributed by atoms with Gasteiger partial charge in [-0.25, -0.2) is 9.18 Å². The van der Waals surface area contributed by atoms with Gasteiger partial charge in [-0.05, 0) is 56.2 Å². The first-order chi connectivity index (χ1) is 19.2. The number of hydrogen-bond donors (Lipinski definition) is 2. The van der Waals surface area contributed by atoms with Gasteiger partial charge >= 0.3 is 11.9 Å². The molecule has 1 saturated heterocycles. The van der Waals surface area contributed by atoms with Crippen molar-refractivity contribution in [2.75, 3.05) is 32.9 Å². The van der Waals surface area contributed by atoms with Crippen LogP contribution in [-0.2, 0) is 23.9 Å². The molecule has 0 aromatic heterocycles. The Morgan fingerprint density at radius 1 is 1.02 bits per heavy atom. The number of para-hydroxylation sites is 1. The van der Waals surface area contributed by atoms with Crippen molar-refractivity contribution in [1.29, 1.82) is 0 Å². The van der Waals surface area contributed by atoms with Gasteiger partial charge in [0.05, 0.1) is 26.3 Å². The van der Waals surface area contributed by atoms with E-state index in [1.807, 2.05) is 18.2 Å². The predicted molar refractivity (Wildman–Crippen MR) is 143 cm³/mol. The van der Waals surface area contributed by atoms with E-state index in [1.165, 1.54) is 12.1 Å². The molecule has 0 saturated carbocycles. The van der Waals surface area contributed by atoms with Gasteiger partial charge in [-0.3, -0.25) is 14.4 Å². The molecule has 2 aromatic rings. The zero-order valence-electron chi connectivity index (χ0n) is 22.5. The van der Waals surface area contributed by atoms with Crippen LogP contribution in [0.1, 0.15) is 49.4 Å². The molecule has 2 aromatic carbocycles. The monoisotopic (exact) mass is 558 g/mol. The quantitative estimate of drug-likeness (QED) is 0.250. The zero-order valence-corrected chi connectivity index (χ0v) is 22.5. The van der Waals surface area contributed by atoms with Crippen molar-refractivity contribution in [3.63, 3.8) is 0 Å². The van der Waals surface area contributed by atoms with Gasteiger partial charge in [-0.1, -0.05) is 24.6 Å². The van der Waals surface area contributed by atoms with Crippen LogP contribution in [0.3, 0.4) is 0 Å². The number of carboxylic acid groups (broad SMARTS) is 1. The molecule has 1 aliphatic heterocycles. The first kappa shape index (κ1) is 30.6. The van der Waals surface area contributed by atoms with Crippen molar-refractivity contribution < 1.29 is 42.9 Å². The van der Waals surface area contributed by atoms with E-state index in [4.69, 9.17) is 14.2 Å². The van der Waals surface area contributed by atoms with E-state index in [-0.39, 0.29) is 24.7 Å². The summed E-state index contributed by atoms with van der Waals surface area (Å²) in [6.07, 6.45) is 1.83. The van der Waals surface area contributed by atoms with Crippen molar-refractivity contribution in [2.45, 2.75) is 50.7 Å². The van der Waals surface area contributed by atoms with Crippen LogP contribution < -0.4 is 10.1 Å². The van der Waals surface area contributed by atoms with Crippen LogP contribution in [0.2, 0.25) is 0 Å². The van der Waals surface area contributed by atoms with Crippen LogP contribution in [-0.4, -0.2) is 78.4 Å². The van der Waals surface area contributed by atoms with E-state index in [9.17, 15) is 24.3 Å². The Balaban J connectivity index is 1.43. The summed E-state index contributed by atoms with van der Waals surface area (Å²) in [6, 6.07) is 14.1. The number of ether oxygens (including phenoxy) is 3. The number of esters is 1.